The Bertz CT molecular complexity index is 1020. The molecular formula is C25H34N4O2. The summed E-state index contributed by atoms with van der Waals surface area (Å²) in [6.45, 7) is 13.6. The first kappa shape index (κ1) is 22.9. The predicted molar refractivity (Wildman–Crippen MR) is 123 cm³/mol. The minimum absolute atomic E-state index is 0.0242. The summed E-state index contributed by atoms with van der Waals surface area (Å²) >= 11 is 0. The van der Waals surface area contributed by atoms with Gasteiger partial charge in [0.05, 0.1) is 12.3 Å². The van der Waals surface area contributed by atoms with Crippen molar-refractivity contribution in [3.8, 4) is 0 Å². The van der Waals surface area contributed by atoms with E-state index in [2.05, 4.69) is 36.0 Å². The molecule has 0 saturated heterocycles. The second kappa shape index (κ2) is 9.17. The molecular weight excluding hydrogens is 388 g/mol. The van der Waals surface area contributed by atoms with Crippen LogP contribution in [0.1, 0.15) is 58.5 Å². The van der Waals surface area contributed by atoms with Crippen LogP contribution in [0.4, 0.5) is 0 Å². The molecule has 0 saturated carbocycles. The van der Waals surface area contributed by atoms with Gasteiger partial charge in [0.15, 0.2) is 5.78 Å². The van der Waals surface area contributed by atoms with Crippen molar-refractivity contribution in [3.63, 3.8) is 0 Å². The highest BCUT2D eigenvalue weighted by atomic mass is 16.5. The Morgan fingerprint density at radius 1 is 1.35 bits per heavy atom. The summed E-state index contributed by atoms with van der Waals surface area (Å²) in [6.07, 6.45) is 4.62. The normalized spacial score (nSPS) is 23.4. The average molecular weight is 425 g/mol. The molecule has 2 N–H and O–H groups in total. The summed E-state index contributed by atoms with van der Waals surface area (Å²) in [5, 5.41) is 12.2. The third-order valence-electron chi connectivity index (χ3n) is 6.65. The van der Waals surface area contributed by atoms with Crippen LogP contribution in [0, 0.1) is 17.9 Å². The zero-order chi connectivity index (χ0) is 24.1. The maximum Gasteiger partial charge on any atom is 0.226 e. The number of hydrogen-bond donors (Lipinski definition) is 2. The molecule has 0 bridgehead atoms. The van der Waals surface area contributed by atoms with Gasteiger partial charge in [0.2, 0.25) is 5.70 Å². The largest absolute Gasteiger partial charge is 0.317 e. The van der Waals surface area contributed by atoms with Gasteiger partial charge >= 0.3 is 0 Å². The molecule has 0 fully saturated rings. The Labute approximate surface area is 187 Å². The highest BCUT2D eigenvalue weighted by Gasteiger charge is 2.55. The minimum Gasteiger partial charge on any atom is -0.317 e. The number of aromatic nitrogens is 2. The molecule has 4 rings (SSSR count). The molecule has 1 heterocycles. The van der Waals surface area contributed by atoms with Gasteiger partial charge in [-0.2, -0.15) is 5.10 Å². The fraction of sp³-hybridized carbons (Fsp3) is 0.480. The number of ketones is 1. The Balaban J connectivity index is 0.000000671. The van der Waals surface area contributed by atoms with Gasteiger partial charge in [0, 0.05) is 38.4 Å². The SMILES string of the molecule is CNO.[3H]C.[C-]#[N+]C1=C[C@]2(C)c3nn(C)c(Cc4ccccc4)c3CC[C@H]2C(C)(C)C1=O. The molecule has 0 amide bonds. The molecule has 6 nitrogen and oxygen atoms in total. The van der Waals surface area contributed by atoms with E-state index in [1.165, 1.54) is 31.3 Å². The van der Waals surface area contributed by atoms with Crippen LogP contribution in [0.5, 0.6) is 0 Å². The van der Waals surface area contributed by atoms with Crippen molar-refractivity contribution in [1.82, 2.24) is 15.3 Å². The number of fused-ring (bicyclic) bond motifs is 3. The number of hydroxylamine groups is 1. The van der Waals surface area contributed by atoms with E-state index in [4.69, 9.17) is 18.2 Å². The molecule has 166 valence electrons. The molecule has 2 aromatic rings. The monoisotopic (exact) mass is 424 g/mol. The Morgan fingerprint density at radius 3 is 2.55 bits per heavy atom. The van der Waals surface area contributed by atoms with Crippen molar-refractivity contribution < 1.29 is 11.4 Å². The van der Waals surface area contributed by atoms with Crippen molar-refractivity contribution in [3.05, 3.63) is 76.0 Å². The number of nitrogens with one attached hydrogen (secondary N) is 1. The van der Waals surface area contributed by atoms with Crippen LogP contribution in [0.2, 0.25) is 0 Å². The lowest BCUT2D eigenvalue weighted by atomic mass is 9.53. The second-order valence-corrected chi connectivity index (χ2v) is 8.85. The zero-order valence-corrected chi connectivity index (χ0v) is 19.4. The molecule has 2 aliphatic carbocycles. The first-order chi connectivity index (χ1) is 15.2. The van der Waals surface area contributed by atoms with E-state index in [1.807, 2.05) is 37.7 Å². The molecule has 2 atom stereocenters. The number of carbonyl (C=O) groups is 1. The van der Waals surface area contributed by atoms with E-state index in [0.717, 1.165) is 25.0 Å². The van der Waals surface area contributed by atoms with Crippen molar-refractivity contribution in [1.29, 1.82) is 0 Å². The standard InChI is InChI=1S/C23H25N3O.CH5NO.CH4/c1-22(2)19-12-11-16-18(13-15-9-7-6-8-10-15)26(5)25-20(16)23(19,3)14-17(24-4)21(22)27;1-2-3;/h6-10,14,19H,11-13H2,1-3,5H3;2-3H,1H3;1H4/t19-,23-;;/m0../s1/i;;1T. The van der Waals surface area contributed by atoms with Gasteiger partial charge in [-0.05, 0) is 29.9 Å². The fourth-order valence-corrected chi connectivity index (χ4v) is 5.26. The lowest BCUT2D eigenvalue weighted by Gasteiger charge is -2.49. The van der Waals surface area contributed by atoms with Crippen molar-refractivity contribution in [2.75, 3.05) is 7.05 Å². The van der Waals surface area contributed by atoms with E-state index < -0.39 is 5.41 Å². The van der Waals surface area contributed by atoms with Crippen LogP contribution < -0.4 is 5.48 Å². The Hall–Kier alpha value is -2.75. The number of rotatable bonds is 2. The van der Waals surface area contributed by atoms with Gasteiger partial charge in [0.25, 0.3) is 0 Å². The first-order valence-electron chi connectivity index (χ1n) is 11.3. The molecule has 0 aliphatic heterocycles. The van der Waals surface area contributed by atoms with Gasteiger partial charge in [-0.1, -0.05) is 64.6 Å². The summed E-state index contributed by atoms with van der Waals surface area (Å²) in [5.74, 6) is 0.138. The number of hydrogen-bond acceptors (Lipinski definition) is 4. The van der Waals surface area contributed by atoms with Gasteiger partial charge in [0.1, 0.15) is 0 Å². The van der Waals surface area contributed by atoms with Crippen LogP contribution in [0.25, 0.3) is 4.85 Å². The number of allylic oxidation sites excluding steroid dienone is 2. The molecule has 0 spiro atoms. The number of nitrogens with zero attached hydrogens (tertiary/aromatic N) is 3. The maximum absolute atomic E-state index is 12.8. The van der Waals surface area contributed by atoms with Crippen molar-refractivity contribution >= 4 is 5.78 Å². The summed E-state index contributed by atoms with van der Waals surface area (Å²) < 4.78 is 7.75. The van der Waals surface area contributed by atoms with E-state index in [9.17, 15) is 4.79 Å². The fourth-order valence-electron chi connectivity index (χ4n) is 5.26. The summed E-state index contributed by atoms with van der Waals surface area (Å²) in [5.41, 5.74) is 5.95. The van der Waals surface area contributed by atoms with Gasteiger partial charge in [-0.15, -0.1) is 0 Å². The lowest BCUT2D eigenvalue weighted by molar-refractivity contribution is -0.128. The highest BCUT2D eigenvalue weighted by molar-refractivity contribution is 6.02. The lowest BCUT2D eigenvalue weighted by Crippen LogP contribution is -2.51. The second-order valence-electron chi connectivity index (χ2n) is 8.85. The molecule has 31 heavy (non-hydrogen) atoms. The number of aryl methyl sites for hydroxylation is 1. The van der Waals surface area contributed by atoms with Crippen LogP contribution in [0.15, 0.2) is 42.1 Å². The third-order valence-corrected chi connectivity index (χ3v) is 6.65. The summed E-state index contributed by atoms with van der Waals surface area (Å²) in [4.78, 5) is 16.4. The molecule has 2 aliphatic rings. The quantitative estimate of drug-likeness (QED) is 0.551. The first-order valence-corrected chi connectivity index (χ1v) is 10.3. The predicted octanol–water partition coefficient (Wildman–Crippen LogP) is 4.47. The van der Waals surface area contributed by atoms with E-state index in [-0.39, 0.29) is 22.8 Å². The molecule has 0 unspecified atom stereocenters. The topological polar surface area (TPSA) is 71.5 Å². The number of benzene rings is 1. The van der Waals surface area contributed by atoms with Crippen LogP contribution in [0.3, 0.4) is 0 Å². The van der Waals surface area contributed by atoms with Crippen LogP contribution in [-0.2, 0) is 30.1 Å². The van der Waals surface area contributed by atoms with E-state index >= 15 is 0 Å². The van der Waals surface area contributed by atoms with Crippen LogP contribution >= 0.6 is 0 Å². The van der Waals surface area contributed by atoms with E-state index in [1.54, 1.807) is 5.48 Å². The van der Waals surface area contributed by atoms with Gasteiger partial charge in [-0.3, -0.25) is 4.68 Å². The third kappa shape index (κ3) is 4.08. The summed E-state index contributed by atoms with van der Waals surface area (Å²) in [7, 11) is 4.69. The zero-order valence-electron chi connectivity index (χ0n) is 20.4. The van der Waals surface area contributed by atoms with Gasteiger partial charge < -0.3 is 10.0 Å². The Morgan fingerprint density at radius 2 is 1.97 bits per heavy atom. The Kier molecular flexibility index (Phi) is 6.78. The van der Waals surface area contributed by atoms with Crippen molar-refractivity contribution in [2.24, 2.45) is 18.4 Å². The van der Waals surface area contributed by atoms with E-state index in [0.29, 0.717) is 0 Å². The van der Waals surface area contributed by atoms with Crippen LogP contribution in [-0.4, -0.2) is 27.8 Å². The average Bonchev–Trinajstić information content (AvgIpc) is 3.10. The smallest absolute Gasteiger partial charge is 0.226 e. The van der Waals surface area contributed by atoms with Gasteiger partial charge in [-0.25, -0.2) is 10.3 Å². The molecule has 0 radical (unpaired) electrons. The van der Waals surface area contributed by atoms with Crippen molar-refractivity contribution in [2.45, 2.75) is 52.9 Å². The number of carbonyl (C=O) groups excluding carboxylic acids is 1. The molecule has 1 aromatic heterocycles. The molecule has 6 heteroatoms. The summed E-state index contributed by atoms with van der Waals surface area (Å²) in [6, 6.07) is 10.5. The molecule has 1 aromatic carbocycles. The maximum atomic E-state index is 12.8. The minimum atomic E-state index is -0.543. The number of Topliss-reactive ketones (excluding diaryl/α,β-unsaturated/α-hetero) is 1. The highest BCUT2D eigenvalue weighted by Crippen LogP contribution is 2.54.